The van der Waals surface area contributed by atoms with E-state index in [-0.39, 0.29) is 0 Å². The largest absolute Gasteiger partial charge is 0.124 e. The van der Waals surface area contributed by atoms with Crippen molar-refractivity contribution in [3.05, 3.63) is 79.4 Å². The van der Waals surface area contributed by atoms with Crippen molar-refractivity contribution < 1.29 is 0 Å². The smallest absolute Gasteiger partial charge is 0.0362 e. The number of hydrogen-bond acceptors (Lipinski definition) is 0. The van der Waals surface area contributed by atoms with Gasteiger partial charge in [-0.1, -0.05) is 25.2 Å². The molecule has 0 bridgehead atoms. The summed E-state index contributed by atoms with van der Waals surface area (Å²) in [5.74, 6) is 0.326. The topological polar surface area (TPSA) is 0 Å². The van der Waals surface area contributed by atoms with Gasteiger partial charge in [-0.25, -0.2) is 0 Å². The Balaban J connectivity index is 2.25. The van der Waals surface area contributed by atoms with Gasteiger partial charge in [0.25, 0.3) is 0 Å². The second-order valence-electron chi connectivity index (χ2n) is 6.46. The Morgan fingerprint density at radius 3 is 2.75 bits per heavy atom. The van der Waals surface area contributed by atoms with E-state index < -0.39 is 0 Å². The average Bonchev–Trinajstić information content (AvgIpc) is 2.63. The molecule has 1 fully saturated rings. The molecule has 3 aliphatic rings. The van der Waals surface area contributed by atoms with Crippen molar-refractivity contribution in [3.63, 3.8) is 0 Å². The summed E-state index contributed by atoms with van der Waals surface area (Å²) in [6.45, 7) is 4.28. The zero-order valence-electron chi connectivity index (χ0n) is 14.7. The Bertz CT molecular complexity index is 767. The first kappa shape index (κ1) is 17.5. The minimum atomic E-state index is 0.326. The molecule has 3 rings (SSSR count). The first-order valence-corrected chi connectivity index (χ1v) is 10.2. The monoisotopic (exact) mass is 428 g/mol. The lowest BCUT2D eigenvalue weighted by Gasteiger charge is -2.34. The second-order valence-corrected chi connectivity index (χ2v) is 7.54. The first-order valence-electron chi connectivity index (χ1n) is 9.09. The van der Waals surface area contributed by atoms with Crippen LogP contribution in [0.25, 0.3) is 0 Å². The molecular weight excluding hydrogens is 403 g/mol. The molecular formula is C23H25I. The van der Waals surface area contributed by atoms with E-state index in [1.54, 1.807) is 11.1 Å². The minimum Gasteiger partial charge on any atom is -0.124 e. The summed E-state index contributed by atoms with van der Waals surface area (Å²) in [4.78, 5) is 0. The van der Waals surface area contributed by atoms with Gasteiger partial charge >= 0.3 is 0 Å². The predicted octanol–water partition coefficient (Wildman–Crippen LogP) is 7.28. The van der Waals surface area contributed by atoms with Gasteiger partial charge in [0.2, 0.25) is 0 Å². The Kier molecular flexibility index (Phi) is 6.00. The molecule has 1 atom stereocenters. The summed E-state index contributed by atoms with van der Waals surface area (Å²) in [7, 11) is 0. The van der Waals surface area contributed by atoms with Crippen LogP contribution >= 0.6 is 22.6 Å². The maximum absolute atomic E-state index is 3.57. The molecule has 0 saturated heterocycles. The van der Waals surface area contributed by atoms with Crippen LogP contribution < -0.4 is 0 Å². The van der Waals surface area contributed by atoms with Crippen LogP contribution in [-0.4, -0.2) is 0 Å². The third-order valence-electron chi connectivity index (χ3n) is 4.90. The molecule has 0 aliphatic heterocycles. The molecule has 0 aromatic carbocycles. The molecule has 0 radical (unpaired) electrons. The molecule has 1 saturated carbocycles. The summed E-state index contributed by atoms with van der Waals surface area (Å²) in [5, 5.41) is 0. The lowest BCUT2D eigenvalue weighted by atomic mass is 9.71. The number of halogens is 1. The zero-order chi connectivity index (χ0) is 16.9. The maximum atomic E-state index is 3.57. The van der Waals surface area contributed by atoms with E-state index in [9.17, 15) is 0 Å². The maximum Gasteiger partial charge on any atom is 0.0362 e. The Hall–Kier alpha value is -1.27. The van der Waals surface area contributed by atoms with Crippen molar-refractivity contribution in [3.8, 4) is 0 Å². The predicted molar refractivity (Wildman–Crippen MR) is 112 cm³/mol. The Labute approximate surface area is 159 Å². The molecule has 24 heavy (non-hydrogen) atoms. The standard InChI is InChI=1S/C23H25I/c1-3-5-14-18-20(11-4-2)23(24)21-16-10-9-15-19(21)22(18)17-12-7-6-8-13-17/h4-6,12-14,18H,3,7,9-10,15-16H2,1-2H3/b14-5-. The van der Waals surface area contributed by atoms with Gasteiger partial charge in [-0.2, -0.15) is 0 Å². The van der Waals surface area contributed by atoms with Gasteiger partial charge in [-0.05, 0) is 109 Å². The summed E-state index contributed by atoms with van der Waals surface area (Å²) in [6.07, 6.45) is 20.5. The molecule has 124 valence electrons. The van der Waals surface area contributed by atoms with E-state index in [2.05, 4.69) is 84.4 Å². The van der Waals surface area contributed by atoms with Crippen LogP contribution in [0.2, 0.25) is 0 Å². The van der Waals surface area contributed by atoms with E-state index in [4.69, 9.17) is 0 Å². The molecule has 0 aromatic rings. The number of allylic oxidation sites excluding steroid dienone is 10. The lowest BCUT2D eigenvalue weighted by molar-refractivity contribution is 0.657. The number of hydrogen-bond donors (Lipinski definition) is 0. The SMILES string of the molecule is CC=C=C1C(I)=C2CCCCC2=C(C2=CCC=C=C2)C1/C=C\CC. The third-order valence-corrected chi connectivity index (χ3v) is 6.14. The van der Waals surface area contributed by atoms with Crippen molar-refractivity contribution in [2.24, 2.45) is 5.92 Å². The summed E-state index contributed by atoms with van der Waals surface area (Å²) in [5.41, 5.74) is 14.3. The van der Waals surface area contributed by atoms with E-state index in [1.165, 1.54) is 46.0 Å². The summed E-state index contributed by atoms with van der Waals surface area (Å²) < 4.78 is 1.44. The van der Waals surface area contributed by atoms with Crippen molar-refractivity contribution in [2.75, 3.05) is 0 Å². The third kappa shape index (κ3) is 3.40. The fourth-order valence-electron chi connectivity index (χ4n) is 3.85. The second kappa shape index (κ2) is 8.21. The average molecular weight is 428 g/mol. The molecule has 1 heteroatoms. The van der Waals surface area contributed by atoms with Crippen LogP contribution in [0.1, 0.15) is 52.4 Å². The Morgan fingerprint density at radius 1 is 1.29 bits per heavy atom. The highest BCUT2D eigenvalue weighted by atomic mass is 127. The van der Waals surface area contributed by atoms with Gasteiger partial charge in [0.15, 0.2) is 0 Å². The van der Waals surface area contributed by atoms with Gasteiger partial charge in [0.1, 0.15) is 0 Å². The van der Waals surface area contributed by atoms with Crippen LogP contribution in [0.3, 0.4) is 0 Å². The number of fused-ring (bicyclic) bond motifs is 1. The van der Waals surface area contributed by atoms with Crippen LogP contribution in [0.15, 0.2) is 79.4 Å². The quantitative estimate of drug-likeness (QED) is 0.252. The van der Waals surface area contributed by atoms with Crippen LogP contribution in [0.4, 0.5) is 0 Å². The van der Waals surface area contributed by atoms with E-state index in [1.807, 2.05) is 0 Å². The first-order chi connectivity index (χ1) is 11.8. The van der Waals surface area contributed by atoms with Gasteiger partial charge in [-0.15, -0.1) is 11.5 Å². The van der Waals surface area contributed by atoms with Gasteiger partial charge < -0.3 is 0 Å². The van der Waals surface area contributed by atoms with Gasteiger partial charge in [0.05, 0.1) is 0 Å². The molecule has 0 aromatic heterocycles. The van der Waals surface area contributed by atoms with E-state index in [0.717, 1.165) is 12.8 Å². The van der Waals surface area contributed by atoms with E-state index >= 15 is 0 Å². The molecule has 0 nitrogen and oxygen atoms in total. The molecule has 1 unspecified atom stereocenters. The fraction of sp³-hybridized carbons (Fsp3) is 0.391. The minimum absolute atomic E-state index is 0.326. The highest BCUT2D eigenvalue weighted by Gasteiger charge is 2.33. The fourth-order valence-corrected chi connectivity index (χ4v) is 4.94. The molecule has 0 amide bonds. The Morgan fingerprint density at radius 2 is 2.08 bits per heavy atom. The van der Waals surface area contributed by atoms with Crippen LogP contribution in [-0.2, 0) is 0 Å². The molecule has 3 aliphatic carbocycles. The highest BCUT2D eigenvalue weighted by molar-refractivity contribution is 14.1. The van der Waals surface area contributed by atoms with Crippen LogP contribution in [0.5, 0.6) is 0 Å². The van der Waals surface area contributed by atoms with Crippen molar-refractivity contribution in [1.82, 2.24) is 0 Å². The molecule has 0 N–H and O–H groups in total. The van der Waals surface area contributed by atoms with Crippen molar-refractivity contribution >= 4 is 22.6 Å². The van der Waals surface area contributed by atoms with E-state index in [0.29, 0.717) is 5.92 Å². The zero-order valence-corrected chi connectivity index (χ0v) is 16.8. The van der Waals surface area contributed by atoms with Crippen molar-refractivity contribution in [2.45, 2.75) is 52.4 Å². The molecule has 0 heterocycles. The summed E-state index contributed by atoms with van der Waals surface area (Å²) >= 11 is 2.57. The highest BCUT2D eigenvalue weighted by Crippen LogP contribution is 2.49. The van der Waals surface area contributed by atoms with Gasteiger partial charge in [-0.3, -0.25) is 0 Å². The lowest BCUT2D eigenvalue weighted by Crippen LogP contribution is -2.19. The summed E-state index contributed by atoms with van der Waals surface area (Å²) in [6, 6.07) is 0. The number of rotatable bonds is 3. The van der Waals surface area contributed by atoms with Gasteiger partial charge in [0, 0.05) is 15.1 Å². The van der Waals surface area contributed by atoms with Crippen LogP contribution in [0, 0.1) is 5.92 Å². The molecule has 0 spiro atoms. The normalized spacial score (nSPS) is 23.5. The van der Waals surface area contributed by atoms with Crippen molar-refractivity contribution in [1.29, 1.82) is 0 Å².